The lowest BCUT2D eigenvalue weighted by Gasteiger charge is -2.34. The van der Waals surface area contributed by atoms with E-state index in [0.29, 0.717) is 13.0 Å². The molecule has 2 rings (SSSR count). The number of piperazine rings is 1. The number of thiophene rings is 1. The van der Waals surface area contributed by atoms with E-state index in [9.17, 15) is 9.59 Å². The van der Waals surface area contributed by atoms with Gasteiger partial charge in [0, 0.05) is 64.2 Å². The third-order valence-electron chi connectivity index (χ3n) is 4.18. The van der Waals surface area contributed by atoms with E-state index in [1.165, 1.54) is 4.90 Å². The predicted octanol–water partition coefficient (Wildman–Crippen LogP) is 2.03. The molecule has 1 aliphatic rings. The summed E-state index contributed by atoms with van der Waals surface area (Å²) in [6.07, 6.45) is 1.25. The number of hydrogen-bond donors (Lipinski definition) is 0. The minimum absolute atomic E-state index is 0.248. The number of hydrogen-bond acceptors (Lipinski definition) is 6. The van der Waals surface area contributed by atoms with Crippen LogP contribution in [0.5, 0.6) is 0 Å². The fourth-order valence-corrected chi connectivity index (χ4v) is 3.32. The van der Waals surface area contributed by atoms with Gasteiger partial charge in [0.2, 0.25) is 0 Å². The van der Waals surface area contributed by atoms with Crippen molar-refractivity contribution in [3.8, 4) is 0 Å². The van der Waals surface area contributed by atoms with Gasteiger partial charge < -0.3 is 14.5 Å². The summed E-state index contributed by atoms with van der Waals surface area (Å²) in [6.45, 7) is 6.17. The maximum absolute atomic E-state index is 12.0. The van der Waals surface area contributed by atoms with Crippen LogP contribution >= 0.6 is 11.3 Å². The molecule has 24 heavy (non-hydrogen) atoms. The standard InChI is InChI=1S/C17H27N3O3S/c1-18(2)17(22)23-12-11-20-9-7-19(8-10-20)6-3-4-16(21)15-5-13-24-14-15/h5,13-14H,3-4,6-12H2,1-2H3. The van der Waals surface area contributed by atoms with Crippen LogP contribution in [0.2, 0.25) is 0 Å². The third kappa shape index (κ3) is 6.22. The molecule has 0 spiro atoms. The van der Waals surface area contributed by atoms with Gasteiger partial charge in [-0.3, -0.25) is 9.69 Å². The average molecular weight is 353 g/mol. The minimum Gasteiger partial charge on any atom is -0.448 e. The van der Waals surface area contributed by atoms with Gasteiger partial charge in [0.15, 0.2) is 5.78 Å². The molecule has 1 aliphatic heterocycles. The monoisotopic (exact) mass is 353 g/mol. The van der Waals surface area contributed by atoms with Gasteiger partial charge in [0.25, 0.3) is 0 Å². The smallest absolute Gasteiger partial charge is 0.409 e. The van der Waals surface area contributed by atoms with Crippen LogP contribution in [0.3, 0.4) is 0 Å². The van der Waals surface area contributed by atoms with Crippen LogP contribution < -0.4 is 0 Å². The van der Waals surface area contributed by atoms with Gasteiger partial charge in [-0.05, 0) is 24.4 Å². The van der Waals surface area contributed by atoms with Crippen LogP contribution in [-0.2, 0) is 4.74 Å². The molecule has 134 valence electrons. The Bertz CT molecular complexity index is 511. The molecule has 7 heteroatoms. The van der Waals surface area contributed by atoms with Crippen molar-refractivity contribution in [2.24, 2.45) is 0 Å². The number of rotatable bonds is 8. The molecule has 0 bridgehead atoms. The van der Waals surface area contributed by atoms with Crippen molar-refractivity contribution >= 4 is 23.2 Å². The first-order valence-electron chi connectivity index (χ1n) is 8.40. The second-order valence-electron chi connectivity index (χ2n) is 6.23. The molecule has 0 saturated carbocycles. The van der Waals surface area contributed by atoms with Gasteiger partial charge in [-0.1, -0.05) is 0 Å². The number of Topliss-reactive ketones (excluding diaryl/α,β-unsaturated/α-hetero) is 1. The summed E-state index contributed by atoms with van der Waals surface area (Å²) in [5.74, 6) is 0.248. The van der Waals surface area contributed by atoms with Crippen LogP contribution in [0.25, 0.3) is 0 Å². The van der Waals surface area contributed by atoms with E-state index in [1.807, 2.05) is 16.8 Å². The first kappa shape index (κ1) is 18.9. The van der Waals surface area contributed by atoms with E-state index in [1.54, 1.807) is 25.4 Å². The Labute approximate surface area is 148 Å². The molecule has 1 amide bonds. The topological polar surface area (TPSA) is 53.1 Å². The summed E-state index contributed by atoms with van der Waals surface area (Å²) in [6, 6.07) is 1.90. The zero-order valence-corrected chi connectivity index (χ0v) is 15.4. The molecule has 0 N–H and O–H groups in total. The summed E-state index contributed by atoms with van der Waals surface area (Å²) in [5.41, 5.74) is 0.845. The predicted molar refractivity (Wildman–Crippen MR) is 95.8 cm³/mol. The molecule has 0 radical (unpaired) electrons. The molecule has 0 aliphatic carbocycles. The normalized spacial score (nSPS) is 16.1. The molecule has 1 fully saturated rings. The number of carbonyl (C=O) groups excluding carboxylic acids is 2. The zero-order valence-electron chi connectivity index (χ0n) is 14.6. The number of amides is 1. The highest BCUT2D eigenvalue weighted by molar-refractivity contribution is 7.08. The molecular weight excluding hydrogens is 326 g/mol. The summed E-state index contributed by atoms with van der Waals surface area (Å²) in [4.78, 5) is 29.5. The lowest BCUT2D eigenvalue weighted by molar-refractivity contribution is 0.0817. The van der Waals surface area contributed by atoms with Crippen molar-refractivity contribution in [3.05, 3.63) is 22.4 Å². The molecular formula is C17H27N3O3S. The highest BCUT2D eigenvalue weighted by Crippen LogP contribution is 2.11. The van der Waals surface area contributed by atoms with Crippen molar-refractivity contribution in [1.82, 2.24) is 14.7 Å². The first-order chi connectivity index (χ1) is 11.6. The molecule has 0 aromatic carbocycles. The molecule has 1 aromatic heterocycles. The van der Waals surface area contributed by atoms with E-state index < -0.39 is 0 Å². The van der Waals surface area contributed by atoms with Crippen LogP contribution in [0.4, 0.5) is 4.79 Å². The lowest BCUT2D eigenvalue weighted by atomic mass is 10.1. The van der Waals surface area contributed by atoms with E-state index in [0.717, 1.165) is 51.3 Å². The van der Waals surface area contributed by atoms with Crippen molar-refractivity contribution in [2.45, 2.75) is 12.8 Å². The Hall–Kier alpha value is -1.44. The summed E-state index contributed by atoms with van der Waals surface area (Å²) >= 11 is 1.57. The van der Waals surface area contributed by atoms with E-state index in [4.69, 9.17) is 4.74 Å². The number of nitrogens with zero attached hydrogens (tertiary/aromatic N) is 3. The fraction of sp³-hybridized carbons (Fsp3) is 0.647. The van der Waals surface area contributed by atoms with E-state index in [-0.39, 0.29) is 11.9 Å². The maximum Gasteiger partial charge on any atom is 0.409 e. The van der Waals surface area contributed by atoms with Crippen molar-refractivity contribution in [1.29, 1.82) is 0 Å². The Balaban J connectivity index is 1.54. The second-order valence-corrected chi connectivity index (χ2v) is 7.01. The van der Waals surface area contributed by atoms with E-state index in [2.05, 4.69) is 9.80 Å². The SMILES string of the molecule is CN(C)C(=O)OCCN1CCN(CCCC(=O)c2ccsc2)CC1. The quantitative estimate of drug-likeness (QED) is 0.670. The largest absolute Gasteiger partial charge is 0.448 e. The molecule has 0 unspecified atom stereocenters. The molecule has 2 heterocycles. The average Bonchev–Trinajstić information content (AvgIpc) is 3.10. The van der Waals surface area contributed by atoms with Gasteiger partial charge in [-0.25, -0.2) is 4.79 Å². The highest BCUT2D eigenvalue weighted by atomic mass is 32.1. The van der Waals surface area contributed by atoms with E-state index >= 15 is 0 Å². The lowest BCUT2D eigenvalue weighted by Crippen LogP contribution is -2.47. The van der Waals surface area contributed by atoms with Crippen LogP contribution in [0, 0.1) is 0 Å². The molecule has 1 aromatic rings. The maximum atomic E-state index is 12.0. The van der Waals surface area contributed by atoms with Gasteiger partial charge in [0.05, 0.1) is 0 Å². The number of ether oxygens (including phenoxy) is 1. The van der Waals surface area contributed by atoms with Crippen LogP contribution in [-0.4, -0.2) is 86.5 Å². The highest BCUT2D eigenvalue weighted by Gasteiger charge is 2.17. The summed E-state index contributed by atoms with van der Waals surface area (Å²) in [5, 5.41) is 3.87. The van der Waals surface area contributed by atoms with Gasteiger partial charge in [-0.2, -0.15) is 11.3 Å². The van der Waals surface area contributed by atoms with Gasteiger partial charge >= 0.3 is 6.09 Å². The Morgan fingerprint density at radius 2 is 1.83 bits per heavy atom. The van der Waals surface area contributed by atoms with Gasteiger partial charge in [0.1, 0.15) is 6.61 Å². The molecule has 0 atom stereocenters. The van der Waals surface area contributed by atoms with Crippen LogP contribution in [0.15, 0.2) is 16.8 Å². The fourth-order valence-electron chi connectivity index (χ4n) is 2.66. The van der Waals surface area contributed by atoms with Crippen molar-refractivity contribution in [2.75, 3.05) is 60.0 Å². The molecule has 1 saturated heterocycles. The molecule has 6 nitrogen and oxygen atoms in total. The first-order valence-corrected chi connectivity index (χ1v) is 9.34. The number of carbonyl (C=O) groups is 2. The minimum atomic E-state index is -0.288. The third-order valence-corrected chi connectivity index (χ3v) is 4.87. The Morgan fingerprint density at radius 3 is 2.42 bits per heavy atom. The van der Waals surface area contributed by atoms with Crippen molar-refractivity contribution < 1.29 is 14.3 Å². The van der Waals surface area contributed by atoms with Crippen LogP contribution in [0.1, 0.15) is 23.2 Å². The van der Waals surface area contributed by atoms with Crippen molar-refractivity contribution in [3.63, 3.8) is 0 Å². The number of ketones is 1. The zero-order chi connectivity index (χ0) is 17.4. The summed E-state index contributed by atoms with van der Waals surface area (Å²) in [7, 11) is 3.37. The summed E-state index contributed by atoms with van der Waals surface area (Å²) < 4.78 is 5.15. The Morgan fingerprint density at radius 1 is 1.17 bits per heavy atom. The van der Waals surface area contributed by atoms with Gasteiger partial charge in [-0.15, -0.1) is 0 Å². The second kappa shape index (κ2) is 9.76. The Kier molecular flexibility index (Phi) is 7.68.